The Kier molecular flexibility index (Phi) is 5.67. The van der Waals surface area contributed by atoms with Crippen LogP contribution in [0.3, 0.4) is 0 Å². The first-order chi connectivity index (χ1) is 10.8. The highest BCUT2D eigenvalue weighted by atomic mass is 35.5. The van der Waals surface area contributed by atoms with Crippen molar-refractivity contribution in [2.75, 3.05) is 33.8 Å². The third-order valence-electron chi connectivity index (χ3n) is 4.01. The van der Waals surface area contributed by atoms with E-state index in [1.165, 1.54) is 32.3 Å². The van der Waals surface area contributed by atoms with Crippen LogP contribution in [0.1, 0.15) is 23.2 Å². The molecule has 1 N–H and O–H groups in total. The Hall–Kier alpha value is -1.15. The number of halogens is 1. The average Bonchev–Trinajstić information content (AvgIpc) is 2.54. The molecule has 0 radical (unpaired) electrons. The molecule has 1 fully saturated rings. The van der Waals surface area contributed by atoms with Crippen LogP contribution in [0.5, 0.6) is 0 Å². The van der Waals surface area contributed by atoms with Gasteiger partial charge in [0.25, 0.3) is 5.91 Å². The van der Waals surface area contributed by atoms with E-state index >= 15 is 0 Å². The highest BCUT2D eigenvalue weighted by Crippen LogP contribution is 2.25. The number of carbonyl (C=O) groups is 1. The lowest BCUT2D eigenvalue weighted by molar-refractivity contribution is 0.0620. The molecule has 8 heteroatoms. The normalized spacial score (nSPS) is 19.2. The first kappa shape index (κ1) is 18.2. The summed E-state index contributed by atoms with van der Waals surface area (Å²) in [5, 5.41) is 9.50. The Bertz CT molecular complexity index is 691. The first-order valence-electron chi connectivity index (χ1n) is 7.39. The van der Waals surface area contributed by atoms with E-state index in [0.717, 1.165) is 17.1 Å². The van der Waals surface area contributed by atoms with E-state index < -0.39 is 10.0 Å². The summed E-state index contributed by atoms with van der Waals surface area (Å²) in [6.45, 7) is 1.07. The SMILES string of the molecule is CN(C)S(=O)(=O)c1ccc(Cl)c(C(=O)N2CCCC(CO)C2)c1. The van der Waals surface area contributed by atoms with Crippen molar-refractivity contribution in [3.05, 3.63) is 28.8 Å². The maximum Gasteiger partial charge on any atom is 0.255 e. The molecule has 0 spiro atoms. The third-order valence-corrected chi connectivity index (χ3v) is 6.15. The van der Waals surface area contributed by atoms with Crippen molar-refractivity contribution < 1.29 is 18.3 Å². The van der Waals surface area contributed by atoms with Gasteiger partial charge in [0, 0.05) is 33.8 Å². The fraction of sp³-hybridized carbons (Fsp3) is 0.533. The van der Waals surface area contributed by atoms with Crippen LogP contribution in [0, 0.1) is 5.92 Å². The van der Waals surface area contributed by atoms with E-state index in [1.807, 2.05) is 0 Å². The van der Waals surface area contributed by atoms with Crippen LogP contribution in [0.4, 0.5) is 0 Å². The predicted molar refractivity (Wildman–Crippen MR) is 88.0 cm³/mol. The van der Waals surface area contributed by atoms with E-state index in [0.29, 0.717) is 13.1 Å². The highest BCUT2D eigenvalue weighted by Gasteiger charge is 2.27. The maximum atomic E-state index is 12.7. The number of aliphatic hydroxyl groups excluding tert-OH is 1. The van der Waals surface area contributed by atoms with Crippen molar-refractivity contribution in [1.82, 2.24) is 9.21 Å². The van der Waals surface area contributed by atoms with Crippen LogP contribution in [0.15, 0.2) is 23.1 Å². The number of benzene rings is 1. The molecule has 23 heavy (non-hydrogen) atoms. The molecule has 0 saturated carbocycles. The van der Waals surface area contributed by atoms with Crippen molar-refractivity contribution in [2.24, 2.45) is 5.92 Å². The molecule has 1 aliphatic rings. The van der Waals surface area contributed by atoms with Gasteiger partial charge >= 0.3 is 0 Å². The molecule has 2 rings (SSSR count). The summed E-state index contributed by atoms with van der Waals surface area (Å²) in [5.41, 5.74) is 0.174. The fourth-order valence-electron chi connectivity index (χ4n) is 2.61. The van der Waals surface area contributed by atoms with E-state index in [1.54, 1.807) is 4.90 Å². The second kappa shape index (κ2) is 7.17. The van der Waals surface area contributed by atoms with Gasteiger partial charge in [-0.2, -0.15) is 0 Å². The van der Waals surface area contributed by atoms with Gasteiger partial charge in [0.2, 0.25) is 10.0 Å². The second-order valence-electron chi connectivity index (χ2n) is 5.87. The number of rotatable bonds is 4. The Morgan fingerprint density at radius 2 is 2.13 bits per heavy atom. The second-order valence-corrected chi connectivity index (χ2v) is 8.43. The highest BCUT2D eigenvalue weighted by molar-refractivity contribution is 7.89. The predicted octanol–water partition coefficient (Wildman–Crippen LogP) is 1.43. The number of hydrogen-bond acceptors (Lipinski definition) is 4. The number of carbonyl (C=O) groups excluding carboxylic acids is 1. The number of hydrogen-bond donors (Lipinski definition) is 1. The molecule has 128 valence electrons. The van der Waals surface area contributed by atoms with Gasteiger partial charge in [-0.05, 0) is 37.0 Å². The Morgan fingerprint density at radius 3 is 2.74 bits per heavy atom. The first-order valence-corrected chi connectivity index (χ1v) is 9.21. The maximum absolute atomic E-state index is 12.7. The zero-order chi connectivity index (χ0) is 17.2. The summed E-state index contributed by atoms with van der Waals surface area (Å²) < 4.78 is 25.5. The summed E-state index contributed by atoms with van der Waals surface area (Å²) in [7, 11) is -0.767. The summed E-state index contributed by atoms with van der Waals surface area (Å²) in [5.74, 6) is -0.246. The molecule has 1 aliphatic heterocycles. The van der Waals surface area contributed by atoms with E-state index in [9.17, 15) is 18.3 Å². The van der Waals surface area contributed by atoms with Crippen molar-refractivity contribution in [3.63, 3.8) is 0 Å². The average molecular weight is 361 g/mol. The number of sulfonamides is 1. The minimum Gasteiger partial charge on any atom is -0.396 e. The van der Waals surface area contributed by atoms with Crippen molar-refractivity contribution in [1.29, 1.82) is 0 Å². The summed E-state index contributed by atoms with van der Waals surface area (Å²) >= 11 is 6.10. The van der Waals surface area contributed by atoms with Gasteiger partial charge in [-0.1, -0.05) is 11.6 Å². The van der Waals surface area contributed by atoms with Gasteiger partial charge in [-0.25, -0.2) is 12.7 Å². The number of nitrogens with zero attached hydrogens (tertiary/aromatic N) is 2. The summed E-state index contributed by atoms with van der Waals surface area (Å²) in [4.78, 5) is 14.3. The number of likely N-dealkylation sites (tertiary alicyclic amines) is 1. The Labute approximate surface area is 141 Å². The van der Waals surface area contributed by atoms with Crippen LogP contribution in [-0.2, 0) is 10.0 Å². The monoisotopic (exact) mass is 360 g/mol. The molecule has 1 atom stereocenters. The fourth-order valence-corrected chi connectivity index (χ4v) is 3.74. The minimum absolute atomic E-state index is 0.0333. The van der Waals surface area contributed by atoms with Gasteiger partial charge in [-0.3, -0.25) is 4.79 Å². The smallest absolute Gasteiger partial charge is 0.255 e. The molecule has 0 aromatic heterocycles. The quantitative estimate of drug-likeness (QED) is 0.881. The molecule has 6 nitrogen and oxygen atoms in total. The number of amides is 1. The zero-order valence-corrected chi connectivity index (χ0v) is 14.8. The molecule has 1 amide bonds. The molecular weight excluding hydrogens is 340 g/mol. The van der Waals surface area contributed by atoms with Crippen LogP contribution < -0.4 is 0 Å². The number of aliphatic hydroxyl groups is 1. The lowest BCUT2D eigenvalue weighted by Gasteiger charge is -2.32. The van der Waals surface area contributed by atoms with Gasteiger partial charge in [-0.15, -0.1) is 0 Å². The molecule has 1 heterocycles. The van der Waals surface area contributed by atoms with Crippen LogP contribution in [-0.4, -0.2) is 62.4 Å². The van der Waals surface area contributed by atoms with Crippen molar-refractivity contribution in [3.8, 4) is 0 Å². The van der Waals surface area contributed by atoms with Crippen molar-refractivity contribution >= 4 is 27.5 Å². The van der Waals surface area contributed by atoms with E-state index in [4.69, 9.17) is 11.6 Å². The third kappa shape index (κ3) is 3.85. The zero-order valence-electron chi connectivity index (χ0n) is 13.2. The van der Waals surface area contributed by atoms with E-state index in [2.05, 4.69) is 0 Å². The van der Waals surface area contributed by atoms with Gasteiger partial charge < -0.3 is 10.0 Å². The van der Waals surface area contributed by atoms with Gasteiger partial charge in [0.15, 0.2) is 0 Å². The van der Waals surface area contributed by atoms with Crippen molar-refractivity contribution in [2.45, 2.75) is 17.7 Å². The minimum atomic E-state index is -3.63. The molecule has 1 aromatic rings. The van der Waals surface area contributed by atoms with Crippen LogP contribution in [0.2, 0.25) is 5.02 Å². The van der Waals surface area contributed by atoms with Gasteiger partial charge in [0.05, 0.1) is 15.5 Å². The van der Waals surface area contributed by atoms with E-state index in [-0.39, 0.29) is 33.9 Å². The topological polar surface area (TPSA) is 77.9 Å². The Balaban J connectivity index is 2.34. The molecule has 1 unspecified atom stereocenters. The lowest BCUT2D eigenvalue weighted by Crippen LogP contribution is -2.41. The summed E-state index contributed by atoms with van der Waals surface area (Å²) in [6.07, 6.45) is 1.69. The molecule has 0 aliphatic carbocycles. The lowest BCUT2D eigenvalue weighted by atomic mass is 9.98. The van der Waals surface area contributed by atoms with Crippen LogP contribution >= 0.6 is 11.6 Å². The molecule has 1 saturated heterocycles. The Morgan fingerprint density at radius 1 is 1.43 bits per heavy atom. The number of piperidine rings is 1. The molecule has 1 aromatic carbocycles. The standard InChI is InChI=1S/C15H21ClN2O4S/c1-17(2)23(21,22)12-5-6-14(16)13(8-12)15(20)18-7-3-4-11(9-18)10-19/h5-6,8,11,19H,3-4,7,9-10H2,1-2H3. The van der Waals surface area contributed by atoms with Gasteiger partial charge in [0.1, 0.15) is 0 Å². The summed E-state index contributed by atoms with van der Waals surface area (Å²) in [6, 6.07) is 4.14. The molecule has 0 bridgehead atoms. The van der Waals surface area contributed by atoms with Crippen LogP contribution in [0.25, 0.3) is 0 Å². The molecular formula is C15H21ClN2O4S. The largest absolute Gasteiger partial charge is 0.396 e.